The molecule has 1 aliphatic heterocycles. The van der Waals surface area contributed by atoms with E-state index in [0.29, 0.717) is 5.92 Å². The van der Waals surface area contributed by atoms with Crippen LogP contribution in [0.1, 0.15) is 23.5 Å². The summed E-state index contributed by atoms with van der Waals surface area (Å²) in [6.07, 6.45) is 0. The van der Waals surface area contributed by atoms with Crippen LogP contribution in [0.2, 0.25) is 0 Å². The Morgan fingerprint density at radius 2 is 2.44 bits per heavy atom. The molecule has 4 nitrogen and oxygen atoms in total. The first-order valence-electron chi connectivity index (χ1n) is 5.58. The van der Waals surface area contributed by atoms with E-state index in [1.807, 2.05) is 6.92 Å². The number of hydrogen-bond donors (Lipinski definition) is 1. The lowest BCUT2D eigenvalue weighted by atomic mass is 10.2. The molecule has 0 radical (unpaired) electrons. The van der Waals surface area contributed by atoms with Gasteiger partial charge in [-0.2, -0.15) is 0 Å². The number of thiazole rings is 1. The van der Waals surface area contributed by atoms with Crippen LogP contribution in [0, 0.1) is 6.92 Å². The summed E-state index contributed by atoms with van der Waals surface area (Å²) < 4.78 is 0. The van der Waals surface area contributed by atoms with Gasteiger partial charge in [-0.3, -0.25) is 4.99 Å². The van der Waals surface area contributed by atoms with Gasteiger partial charge < -0.3 is 10.2 Å². The molecule has 0 saturated heterocycles. The summed E-state index contributed by atoms with van der Waals surface area (Å²) in [5.74, 6) is 1.45. The predicted molar refractivity (Wildman–Crippen MR) is 68.2 cm³/mol. The van der Waals surface area contributed by atoms with Crippen LogP contribution >= 0.6 is 11.3 Å². The maximum absolute atomic E-state index is 4.50. The average molecular weight is 238 g/mol. The molecule has 1 aromatic rings. The van der Waals surface area contributed by atoms with Gasteiger partial charge in [0.15, 0.2) is 5.96 Å². The molecule has 0 aromatic carbocycles. The van der Waals surface area contributed by atoms with E-state index in [2.05, 4.69) is 39.5 Å². The number of aliphatic imine (C=N–C) groups is 1. The van der Waals surface area contributed by atoms with E-state index in [4.69, 9.17) is 0 Å². The fourth-order valence-electron chi connectivity index (χ4n) is 1.65. The highest BCUT2D eigenvalue weighted by Gasteiger charge is 2.14. The van der Waals surface area contributed by atoms with Gasteiger partial charge in [0.2, 0.25) is 0 Å². The van der Waals surface area contributed by atoms with E-state index in [-0.39, 0.29) is 0 Å². The number of guanidine groups is 1. The monoisotopic (exact) mass is 238 g/mol. The molecule has 1 aromatic heterocycles. The Kier molecular flexibility index (Phi) is 3.43. The largest absolute Gasteiger partial charge is 0.356 e. The first-order chi connectivity index (χ1) is 7.66. The van der Waals surface area contributed by atoms with Crippen molar-refractivity contribution in [1.29, 1.82) is 0 Å². The normalized spacial score (nSPS) is 17.4. The Hall–Kier alpha value is -1.10. The summed E-state index contributed by atoms with van der Waals surface area (Å²) in [7, 11) is 2.07. The van der Waals surface area contributed by atoms with Crippen LogP contribution in [0.25, 0.3) is 0 Å². The molecule has 2 heterocycles. The standard InChI is InChI=1S/C11H18N4S/c1-8(10-14-9(2)7-16-10)6-13-11-12-4-5-15(11)3/h7-8H,4-6H2,1-3H3,(H,12,13). The molecule has 88 valence electrons. The third-order valence-corrected chi connectivity index (χ3v) is 3.88. The molecule has 0 bridgehead atoms. The number of likely N-dealkylation sites (N-methyl/N-ethyl adjacent to an activating group) is 1. The number of aryl methyl sites for hydroxylation is 1. The highest BCUT2D eigenvalue weighted by atomic mass is 32.1. The minimum absolute atomic E-state index is 0.440. The van der Waals surface area contributed by atoms with Gasteiger partial charge in [0.25, 0.3) is 0 Å². The first kappa shape index (κ1) is 11.4. The van der Waals surface area contributed by atoms with E-state index in [1.165, 1.54) is 5.01 Å². The molecule has 0 fully saturated rings. The first-order valence-corrected chi connectivity index (χ1v) is 6.46. The molecule has 0 saturated carbocycles. The van der Waals surface area contributed by atoms with Crippen LogP contribution in [0.15, 0.2) is 10.4 Å². The molecule has 1 atom stereocenters. The van der Waals surface area contributed by atoms with Crippen LogP contribution in [0.5, 0.6) is 0 Å². The topological polar surface area (TPSA) is 40.5 Å². The molecule has 5 heteroatoms. The quantitative estimate of drug-likeness (QED) is 0.866. The molecule has 1 aliphatic rings. The van der Waals surface area contributed by atoms with Gasteiger partial charge in [-0.15, -0.1) is 11.3 Å². The minimum Gasteiger partial charge on any atom is -0.356 e. The molecule has 16 heavy (non-hydrogen) atoms. The second kappa shape index (κ2) is 4.82. The Morgan fingerprint density at radius 3 is 3.00 bits per heavy atom. The van der Waals surface area contributed by atoms with Gasteiger partial charge in [0.05, 0.1) is 11.6 Å². The highest BCUT2D eigenvalue weighted by Crippen LogP contribution is 2.18. The van der Waals surface area contributed by atoms with Crippen molar-refractivity contribution in [3.8, 4) is 0 Å². The number of nitrogens with zero attached hydrogens (tertiary/aromatic N) is 3. The Bertz CT molecular complexity index is 385. The number of hydrogen-bond acceptors (Lipinski definition) is 5. The van der Waals surface area contributed by atoms with Crippen molar-refractivity contribution < 1.29 is 0 Å². The lowest BCUT2D eigenvalue weighted by Gasteiger charge is -2.17. The van der Waals surface area contributed by atoms with Crippen LogP contribution < -0.4 is 5.32 Å². The van der Waals surface area contributed by atoms with Gasteiger partial charge in [-0.25, -0.2) is 4.98 Å². The fourth-order valence-corrected chi connectivity index (χ4v) is 2.51. The van der Waals surface area contributed by atoms with Crippen LogP contribution in [0.4, 0.5) is 0 Å². The third-order valence-electron chi connectivity index (χ3n) is 2.68. The van der Waals surface area contributed by atoms with Crippen molar-refractivity contribution in [1.82, 2.24) is 15.2 Å². The van der Waals surface area contributed by atoms with Crippen molar-refractivity contribution in [2.24, 2.45) is 4.99 Å². The summed E-state index contributed by atoms with van der Waals surface area (Å²) in [5, 5.41) is 6.68. The van der Waals surface area contributed by atoms with Gasteiger partial charge in [0, 0.05) is 37.1 Å². The van der Waals surface area contributed by atoms with Gasteiger partial charge >= 0.3 is 0 Å². The van der Waals surface area contributed by atoms with E-state index in [1.54, 1.807) is 11.3 Å². The fraction of sp³-hybridized carbons (Fsp3) is 0.636. The lowest BCUT2D eigenvalue weighted by molar-refractivity contribution is 0.529. The van der Waals surface area contributed by atoms with Crippen molar-refractivity contribution in [3.63, 3.8) is 0 Å². The second-order valence-corrected chi connectivity index (χ2v) is 5.13. The summed E-state index contributed by atoms with van der Waals surface area (Å²) in [6, 6.07) is 0. The Labute approximate surface area is 100 Å². The number of rotatable bonds is 3. The summed E-state index contributed by atoms with van der Waals surface area (Å²) >= 11 is 1.74. The van der Waals surface area contributed by atoms with Crippen LogP contribution in [-0.2, 0) is 0 Å². The molecule has 1 unspecified atom stereocenters. The maximum atomic E-state index is 4.50. The lowest BCUT2D eigenvalue weighted by Crippen LogP contribution is -2.37. The van der Waals surface area contributed by atoms with Crippen LogP contribution in [0.3, 0.4) is 0 Å². The molecular formula is C11H18N4S. The van der Waals surface area contributed by atoms with Gasteiger partial charge in [-0.1, -0.05) is 6.92 Å². The third kappa shape index (κ3) is 2.52. The molecule has 2 rings (SSSR count). The van der Waals surface area contributed by atoms with Crippen molar-refractivity contribution in [2.75, 3.05) is 26.7 Å². The van der Waals surface area contributed by atoms with Crippen molar-refractivity contribution >= 4 is 17.3 Å². The predicted octanol–water partition coefficient (Wildman–Crippen LogP) is 1.45. The molecule has 0 amide bonds. The smallest absolute Gasteiger partial charge is 0.193 e. The number of nitrogens with one attached hydrogen (secondary N) is 1. The van der Waals surface area contributed by atoms with E-state index in [9.17, 15) is 0 Å². The molecule has 0 spiro atoms. The zero-order valence-corrected chi connectivity index (χ0v) is 10.8. The highest BCUT2D eigenvalue weighted by molar-refractivity contribution is 7.09. The zero-order chi connectivity index (χ0) is 11.5. The SMILES string of the molecule is Cc1csc(C(C)CNC2=NCCN2C)n1. The minimum atomic E-state index is 0.440. The number of aromatic nitrogens is 1. The maximum Gasteiger partial charge on any atom is 0.193 e. The summed E-state index contributed by atoms with van der Waals surface area (Å²) in [6.45, 7) is 7.06. The Balaban J connectivity index is 1.86. The summed E-state index contributed by atoms with van der Waals surface area (Å²) in [5.41, 5.74) is 1.11. The van der Waals surface area contributed by atoms with E-state index in [0.717, 1.165) is 31.3 Å². The zero-order valence-electron chi connectivity index (χ0n) is 10.0. The van der Waals surface area contributed by atoms with Gasteiger partial charge in [0.1, 0.15) is 0 Å². The van der Waals surface area contributed by atoms with Crippen molar-refractivity contribution in [3.05, 3.63) is 16.1 Å². The van der Waals surface area contributed by atoms with E-state index >= 15 is 0 Å². The van der Waals surface area contributed by atoms with E-state index < -0.39 is 0 Å². The Morgan fingerprint density at radius 1 is 1.62 bits per heavy atom. The molecular weight excluding hydrogens is 220 g/mol. The summed E-state index contributed by atoms with van der Waals surface area (Å²) in [4.78, 5) is 11.1. The second-order valence-electron chi connectivity index (χ2n) is 4.24. The van der Waals surface area contributed by atoms with Gasteiger partial charge in [-0.05, 0) is 6.92 Å². The van der Waals surface area contributed by atoms with Crippen molar-refractivity contribution in [2.45, 2.75) is 19.8 Å². The van der Waals surface area contributed by atoms with Crippen LogP contribution in [-0.4, -0.2) is 42.5 Å². The molecule has 1 N–H and O–H groups in total. The average Bonchev–Trinajstić information content (AvgIpc) is 2.84. The molecule has 0 aliphatic carbocycles.